The molecule has 0 fully saturated rings. The molecule has 138 valence electrons. The highest BCUT2D eigenvalue weighted by atomic mass is 19.2. The number of aryl methyl sites for hydroxylation is 1. The molecule has 0 N–H and O–H groups in total. The highest BCUT2D eigenvalue weighted by Gasteiger charge is 2.16. The number of hydrogen-bond acceptors (Lipinski definition) is 0. The van der Waals surface area contributed by atoms with Crippen molar-refractivity contribution in [2.45, 2.75) is 6.92 Å². The van der Waals surface area contributed by atoms with Gasteiger partial charge in [0.2, 0.25) is 0 Å². The summed E-state index contributed by atoms with van der Waals surface area (Å²) in [6.07, 6.45) is 0. The topological polar surface area (TPSA) is 0 Å². The molecular weight excluding hydrogens is 357 g/mol. The zero-order valence-electron chi connectivity index (χ0n) is 15.2. The van der Waals surface area contributed by atoms with Crippen LogP contribution in [0.2, 0.25) is 0 Å². The Labute approximate surface area is 161 Å². The Morgan fingerprint density at radius 1 is 0.500 bits per heavy atom. The van der Waals surface area contributed by atoms with E-state index in [1.807, 2.05) is 42.5 Å². The molecule has 0 saturated heterocycles. The summed E-state index contributed by atoms with van der Waals surface area (Å²) in [5, 5.41) is 0. The third kappa shape index (κ3) is 3.31. The first-order valence-corrected chi connectivity index (χ1v) is 8.95. The fourth-order valence-electron chi connectivity index (χ4n) is 3.23. The van der Waals surface area contributed by atoms with Crippen molar-refractivity contribution < 1.29 is 13.2 Å². The van der Waals surface area contributed by atoms with Gasteiger partial charge in [-0.3, -0.25) is 0 Å². The van der Waals surface area contributed by atoms with Crippen LogP contribution in [0.25, 0.3) is 33.4 Å². The smallest absolute Gasteiger partial charge is 0.167 e. The molecule has 4 aromatic carbocycles. The third-order valence-corrected chi connectivity index (χ3v) is 4.87. The maximum Gasteiger partial charge on any atom is 0.167 e. The molecule has 0 saturated carbocycles. The van der Waals surface area contributed by atoms with Gasteiger partial charge in [-0.1, -0.05) is 78.9 Å². The van der Waals surface area contributed by atoms with Crippen LogP contribution in [-0.2, 0) is 0 Å². The van der Waals surface area contributed by atoms with Gasteiger partial charge in [0.1, 0.15) is 5.82 Å². The lowest BCUT2D eigenvalue weighted by Gasteiger charge is -2.10. The predicted octanol–water partition coefficient (Wildman–Crippen LogP) is 7.41. The van der Waals surface area contributed by atoms with Gasteiger partial charge in [0, 0.05) is 11.1 Å². The van der Waals surface area contributed by atoms with Crippen LogP contribution in [0, 0.1) is 24.4 Å². The standard InChI is InChI=1S/C25H17F3/c1-16-7-8-20(15-23(16)26)22-14-13-21(24(27)25(22)28)19-11-9-18(10-12-19)17-5-3-2-4-6-17/h2-15H,1H3. The van der Waals surface area contributed by atoms with Gasteiger partial charge in [-0.15, -0.1) is 0 Å². The molecule has 0 aromatic heterocycles. The fraction of sp³-hybridized carbons (Fsp3) is 0.0400. The summed E-state index contributed by atoms with van der Waals surface area (Å²) in [4.78, 5) is 0. The number of hydrogen-bond donors (Lipinski definition) is 0. The molecule has 0 radical (unpaired) electrons. The molecule has 3 heteroatoms. The minimum absolute atomic E-state index is 0.0426. The largest absolute Gasteiger partial charge is 0.207 e. The summed E-state index contributed by atoms with van der Waals surface area (Å²) >= 11 is 0. The Bertz CT molecular complexity index is 1130. The van der Waals surface area contributed by atoms with Crippen molar-refractivity contribution >= 4 is 0 Å². The van der Waals surface area contributed by atoms with E-state index in [4.69, 9.17) is 0 Å². The lowest BCUT2D eigenvalue weighted by atomic mass is 9.96. The normalized spacial score (nSPS) is 10.9. The Balaban J connectivity index is 1.71. The van der Waals surface area contributed by atoms with Gasteiger partial charge in [-0.2, -0.15) is 0 Å². The van der Waals surface area contributed by atoms with Crippen LogP contribution in [0.4, 0.5) is 13.2 Å². The summed E-state index contributed by atoms with van der Waals surface area (Å²) < 4.78 is 43.3. The van der Waals surface area contributed by atoms with Crippen molar-refractivity contribution in [1.29, 1.82) is 0 Å². The molecule has 0 spiro atoms. The van der Waals surface area contributed by atoms with E-state index in [-0.39, 0.29) is 11.1 Å². The second kappa shape index (κ2) is 7.35. The number of rotatable bonds is 3. The van der Waals surface area contributed by atoms with E-state index in [2.05, 4.69) is 0 Å². The van der Waals surface area contributed by atoms with Crippen LogP contribution in [-0.4, -0.2) is 0 Å². The lowest BCUT2D eigenvalue weighted by Crippen LogP contribution is -1.95. The molecule has 4 aromatic rings. The molecule has 28 heavy (non-hydrogen) atoms. The predicted molar refractivity (Wildman–Crippen MR) is 107 cm³/mol. The highest BCUT2D eigenvalue weighted by Crippen LogP contribution is 2.33. The molecule has 0 atom stereocenters. The van der Waals surface area contributed by atoms with Gasteiger partial charge in [-0.05, 0) is 40.8 Å². The van der Waals surface area contributed by atoms with E-state index >= 15 is 0 Å². The Morgan fingerprint density at radius 2 is 1.00 bits per heavy atom. The van der Waals surface area contributed by atoms with Crippen molar-refractivity contribution in [2.24, 2.45) is 0 Å². The van der Waals surface area contributed by atoms with Crippen LogP contribution in [0.5, 0.6) is 0 Å². The van der Waals surface area contributed by atoms with E-state index in [1.165, 1.54) is 18.2 Å². The molecule has 0 bridgehead atoms. The average Bonchev–Trinajstić information content (AvgIpc) is 2.73. The molecule has 0 nitrogen and oxygen atoms in total. The summed E-state index contributed by atoms with van der Waals surface area (Å²) in [7, 11) is 0. The van der Waals surface area contributed by atoms with Crippen LogP contribution >= 0.6 is 0 Å². The minimum Gasteiger partial charge on any atom is -0.207 e. The Hall–Kier alpha value is -3.33. The molecule has 0 amide bonds. The Morgan fingerprint density at radius 3 is 1.61 bits per heavy atom. The van der Waals surface area contributed by atoms with E-state index in [9.17, 15) is 13.2 Å². The minimum atomic E-state index is -0.979. The highest BCUT2D eigenvalue weighted by molar-refractivity contribution is 5.74. The van der Waals surface area contributed by atoms with Gasteiger partial charge < -0.3 is 0 Å². The van der Waals surface area contributed by atoms with Crippen LogP contribution in [0.1, 0.15) is 5.56 Å². The first-order valence-electron chi connectivity index (χ1n) is 8.95. The van der Waals surface area contributed by atoms with Gasteiger partial charge in [0.05, 0.1) is 0 Å². The lowest BCUT2D eigenvalue weighted by molar-refractivity contribution is 0.513. The maximum absolute atomic E-state index is 14.8. The molecule has 4 rings (SSSR count). The summed E-state index contributed by atoms with van der Waals surface area (Å²) in [6.45, 7) is 1.62. The van der Waals surface area contributed by atoms with Crippen LogP contribution < -0.4 is 0 Å². The van der Waals surface area contributed by atoms with Crippen LogP contribution in [0.3, 0.4) is 0 Å². The zero-order chi connectivity index (χ0) is 19.7. The molecule has 0 unspecified atom stereocenters. The van der Waals surface area contributed by atoms with Crippen molar-refractivity contribution in [3.8, 4) is 33.4 Å². The van der Waals surface area contributed by atoms with Crippen LogP contribution in [0.15, 0.2) is 84.9 Å². The SMILES string of the molecule is Cc1ccc(-c2ccc(-c3ccc(-c4ccccc4)cc3)c(F)c2F)cc1F. The van der Waals surface area contributed by atoms with Gasteiger partial charge in [-0.25, -0.2) is 13.2 Å². The van der Waals surface area contributed by atoms with Crippen molar-refractivity contribution in [3.63, 3.8) is 0 Å². The van der Waals surface area contributed by atoms with Gasteiger partial charge in [0.25, 0.3) is 0 Å². The van der Waals surface area contributed by atoms with Crippen molar-refractivity contribution in [2.75, 3.05) is 0 Å². The van der Waals surface area contributed by atoms with Gasteiger partial charge >= 0.3 is 0 Å². The average molecular weight is 374 g/mol. The van der Waals surface area contributed by atoms with E-state index in [1.54, 1.807) is 31.2 Å². The first-order chi connectivity index (χ1) is 13.5. The van der Waals surface area contributed by atoms with E-state index in [0.717, 1.165) is 11.1 Å². The second-order valence-electron chi connectivity index (χ2n) is 6.70. The monoisotopic (exact) mass is 374 g/mol. The summed E-state index contributed by atoms with van der Waals surface area (Å²) in [5.74, 6) is -2.36. The third-order valence-electron chi connectivity index (χ3n) is 4.87. The molecule has 0 aliphatic rings. The quantitative estimate of drug-likeness (QED) is 0.350. The molecular formula is C25H17F3. The molecule has 0 aliphatic heterocycles. The van der Waals surface area contributed by atoms with Crippen molar-refractivity contribution in [3.05, 3.63) is 108 Å². The number of halogens is 3. The summed E-state index contributed by atoms with van der Waals surface area (Å²) in [6, 6.07) is 24.5. The van der Waals surface area contributed by atoms with E-state index in [0.29, 0.717) is 16.7 Å². The second-order valence-corrected chi connectivity index (χ2v) is 6.70. The molecule has 0 heterocycles. The fourth-order valence-corrected chi connectivity index (χ4v) is 3.23. The van der Waals surface area contributed by atoms with Crippen molar-refractivity contribution in [1.82, 2.24) is 0 Å². The zero-order valence-corrected chi connectivity index (χ0v) is 15.2. The maximum atomic E-state index is 14.8. The van der Waals surface area contributed by atoms with Gasteiger partial charge in [0.15, 0.2) is 11.6 Å². The first kappa shape index (κ1) is 18.1. The van der Waals surface area contributed by atoms with E-state index < -0.39 is 17.5 Å². The number of benzene rings is 4. The molecule has 0 aliphatic carbocycles. The Kier molecular flexibility index (Phi) is 4.74. The summed E-state index contributed by atoms with van der Waals surface area (Å²) in [5.41, 5.74) is 3.62.